The second kappa shape index (κ2) is 9.10. The van der Waals surface area contributed by atoms with Crippen LogP contribution in [0.15, 0.2) is 53.5 Å². The van der Waals surface area contributed by atoms with Crippen LogP contribution in [0, 0.1) is 0 Å². The third-order valence-corrected chi connectivity index (χ3v) is 7.62. The van der Waals surface area contributed by atoms with Crippen molar-refractivity contribution in [3.05, 3.63) is 70.3 Å². The maximum atomic E-state index is 13.1. The standard InChI is InChI=1S/C25H25N3O2S2/c1-15-9-20(10-16(2)30-15)27-25(29)22-12-19(24-21(28-22)7-8-31-24)11-17-3-5-18(6-4-17)23-13-26-14-32-23/h3-8,12-16,20H,9-11H2,1-2H3,(H,27,29). The first-order valence-corrected chi connectivity index (χ1v) is 12.6. The number of hydrogen-bond acceptors (Lipinski definition) is 6. The minimum atomic E-state index is -0.105. The van der Waals surface area contributed by atoms with Gasteiger partial charge in [-0.2, -0.15) is 0 Å². The van der Waals surface area contributed by atoms with E-state index in [-0.39, 0.29) is 24.2 Å². The Morgan fingerprint density at radius 3 is 2.62 bits per heavy atom. The molecule has 5 nitrogen and oxygen atoms in total. The first-order valence-electron chi connectivity index (χ1n) is 10.9. The third kappa shape index (κ3) is 4.60. The number of rotatable bonds is 5. The molecular weight excluding hydrogens is 438 g/mol. The number of pyridine rings is 1. The molecule has 0 radical (unpaired) electrons. The largest absolute Gasteiger partial charge is 0.375 e. The van der Waals surface area contributed by atoms with Crippen molar-refractivity contribution in [2.45, 2.75) is 51.4 Å². The van der Waals surface area contributed by atoms with Crippen LogP contribution in [0.3, 0.4) is 0 Å². The first-order chi connectivity index (χ1) is 15.5. The fourth-order valence-electron chi connectivity index (χ4n) is 4.42. The molecule has 0 aliphatic carbocycles. The van der Waals surface area contributed by atoms with Crippen LogP contribution in [0.25, 0.3) is 20.7 Å². The van der Waals surface area contributed by atoms with Crippen LogP contribution in [-0.4, -0.2) is 34.1 Å². The van der Waals surface area contributed by atoms with Crippen molar-refractivity contribution in [3.63, 3.8) is 0 Å². The average molecular weight is 464 g/mol. The van der Waals surface area contributed by atoms with E-state index in [4.69, 9.17) is 4.74 Å². The van der Waals surface area contributed by atoms with E-state index in [2.05, 4.69) is 53.4 Å². The summed E-state index contributed by atoms with van der Waals surface area (Å²) in [7, 11) is 0. The summed E-state index contributed by atoms with van der Waals surface area (Å²) in [6, 6.07) is 12.6. The van der Waals surface area contributed by atoms with Crippen molar-refractivity contribution in [3.8, 4) is 10.4 Å². The van der Waals surface area contributed by atoms with E-state index in [9.17, 15) is 4.79 Å². The van der Waals surface area contributed by atoms with E-state index in [1.165, 1.54) is 11.1 Å². The minimum Gasteiger partial charge on any atom is -0.375 e. The quantitative estimate of drug-likeness (QED) is 0.413. The zero-order chi connectivity index (χ0) is 22.1. The van der Waals surface area contributed by atoms with E-state index < -0.39 is 0 Å². The Balaban J connectivity index is 1.38. The van der Waals surface area contributed by atoms with Crippen molar-refractivity contribution >= 4 is 38.8 Å². The molecule has 4 aromatic rings. The molecule has 1 aromatic carbocycles. The van der Waals surface area contributed by atoms with Gasteiger partial charge in [-0.15, -0.1) is 22.7 Å². The number of nitrogens with zero attached hydrogens (tertiary/aromatic N) is 2. The Labute approximate surface area is 195 Å². The number of nitrogens with one attached hydrogen (secondary N) is 1. The molecule has 1 saturated heterocycles. The molecule has 1 aliphatic rings. The highest BCUT2D eigenvalue weighted by molar-refractivity contribution is 7.17. The summed E-state index contributed by atoms with van der Waals surface area (Å²) in [6.07, 6.45) is 4.61. The van der Waals surface area contributed by atoms with Crippen molar-refractivity contribution in [2.75, 3.05) is 0 Å². The number of amides is 1. The molecule has 0 bridgehead atoms. The Morgan fingerprint density at radius 2 is 1.91 bits per heavy atom. The van der Waals surface area contributed by atoms with Gasteiger partial charge in [-0.05, 0) is 67.3 Å². The SMILES string of the molecule is CC1CC(NC(=O)c2cc(Cc3ccc(-c4cncs4)cc3)c3sccc3n2)CC(C)O1. The van der Waals surface area contributed by atoms with Gasteiger partial charge in [-0.1, -0.05) is 24.3 Å². The molecule has 1 fully saturated rings. The second-order valence-electron chi connectivity index (χ2n) is 8.44. The monoisotopic (exact) mass is 463 g/mol. The predicted molar refractivity (Wildman–Crippen MR) is 130 cm³/mol. The number of thiazole rings is 1. The zero-order valence-electron chi connectivity index (χ0n) is 18.1. The van der Waals surface area contributed by atoms with Gasteiger partial charge in [0, 0.05) is 12.2 Å². The maximum absolute atomic E-state index is 13.1. The molecule has 3 aromatic heterocycles. The number of carbonyl (C=O) groups is 1. The second-order valence-corrected chi connectivity index (χ2v) is 10.2. The Kier molecular flexibility index (Phi) is 6.04. The van der Waals surface area contributed by atoms with Crippen molar-refractivity contribution in [2.24, 2.45) is 0 Å². The number of hydrogen-bond donors (Lipinski definition) is 1. The van der Waals surface area contributed by atoms with Gasteiger partial charge < -0.3 is 10.1 Å². The van der Waals surface area contributed by atoms with Crippen LogP contribution < -0.4 is 5.32 Å². The van der Waals surface area contributed by atoms with E-state index >= 15 is 0 Å². The van der Waals surface area contributed by atoms with Crippen molar-refractivity contribution in [1.82, 2.24) is 15.3 Å². The molecule has 5 rings (SSSR count). The number of benzene rings is 1. The van der Waals surface area contributed by atoms with Gasteiger partial charge in [0.1, 0.15) is 5.69 Å². The van der Waals surface area contributed by atoms with E-state index in [1.54, 1.807) is 22.7 Å². The summed E-state index contributed by atoms with van der Waals surface area (Å²) in [6.45, 7) is 4.12. The normalized spacial score (nSPS) is 21.0. The maximum Gasteiger partial charge on any atom is 0.270 e. The van der Waals surface area contributed by atoms with Gasteiger partial charge in [0.25, 0.3) is 5.91 Å². The lowest BCUT2D eigenvalue weighted by Crippen LogP contribution is -2.44. The molecule has 1 N–H and O–H groups in total. The Hall–Kier alpha value is -2.61. The molecule has 1 aliphatic heterocycles. The van der Waals surface area contributed by atoms with Gasteiger partial charge in [0.15, 0.2) is 0 Å². The van der Waals surface area contributed by atoms with Crippen molar-refractivity contribution < 1.29 is 9.53 Å². The summed E-state index contributed by atoms with van der Waals surface area (Å²) in [5.41, 5.74) is 6.73. The van der Waals surface area contributed by atoms with Crippen LogP contribution in [-0.2, 0) is 11.2 Å². The number of aromatic nitrogens is 2. The highest BCUT2D eigenvalue weighted by Crippen LogP contribution is 2.28. The lowest BCUT2D eigenvalue weighted by molar-refractivity contribution is -0.0408. The average Bonchev–Trinajstić information content (AvgIpc) is 3.46. The van der Waals surface area contributed by atoms with E-state index in [0.29, 0.717) is 5.69 Å². The van der Waals surface area contributed by atoms with Gasteiger partial charge in [-0.3, -0.25) is 9.78 Å². The van der Waals surface area contributed by atoms with Gasteiger partial charge >= 0.3 is 0 Å². The molecule has 32 heavy (non-hydrogen) atoms. The van der Waals surface area contributed by atoms with Crippen molar-refractivity contribution in [1.29, 1.82) is 0 Å². The minimum absolute atomic E-state index is 0.105. The summed E-state index contributed by atoms with van der Waals surface area (Å²) in [5, 5.41) is 5.22. The number of ether oxygens (including phenoxy) is 1. The molecule has 1 amide bonds. The number of fused-ring (bicyclic) bond motifs is 1. The number of carbonyl (C=O) groups excluding carboxylic acids is 1. The lowest BCUT2D eigenvalue weighted by Gasteiger charge is -2.32. The fourth-order valence-corrected chi connectivity index (χ4v) is 5.90. The molecule has 164 valence electrons. The highest BCUT2D eigenvalue weighted by Gasteiger charge is 2.26. The molecule has 0 saturated carbocycles. The van der Waals surface area contributed by atoms with Gasteiger partial charge in [0.05, 0.1) is 32.8 Å². The van der Waals surface area contributed by atoms with Crippen LogP contribution in [0.4, 0.5) is 0 Å². The van der Waals surface area contributed by atoms with Crippen LogP contribution in [0.1, 0.15) is 48.3 Å². The van der Waals surface area contributed by atoms with E-state index in [0.717, 1.165) is 39.9 Å². The molecule has 4 heterocycles. The van der Waals surface area contributed by atoms with Gasteiger partial charge in [-0.25, -0.2) is 4.98 Å². The lowest BCUT2D eigenvalue weighted by atomic mass is 9.99. The van der Waals surface area contributed by atoms with Crippen LogP contribution in [0.2, 0.25) is 0 Å². The predicted octanol–water partition coefficient (Wildman–Crippen LogP) is 5.70. The van der Waals surface area contributed by atoms with Gasteiger partial charge in [0.2, 0.25) is 0 Å². The van der Waals surface area contributed by atoms with Crippen LogP contribution in [0.5, 0.6) is 0 Å². The van der Waals surface area contributed by atoms with E-state index in [1.807, 2.05) is 29.2 Å². The Bertz CT molecular complexity index is 1210. The third-order valence-electron chi connectivity index (χ3n) is 5.82. The molecule has 7 heteroatoms. The summed E-state index contributed by atoms with van der Waals surface area (Å²) in [5.74, 6) is -0.105. The summed E-state index contributed by atoms with van der Waals surface area (Å²) in [4.78, 5) is 23.0. The Morgan fingerprint density at radius 1 is 1.12 bits per heavy atom. The zero-order valence-corrected chi connectivity index (χ0v) is 19.7. The van der Waals surface area contributed by atoms with Crippen LogP contribution >= 0.6 is 22.7 Å². The molecular formula is C25H25N3O2S2. The smallest absolute Gasteiger partial charge is 0.270 e. The topological polar surface area (TPSA) is 64.1 Å². The number of thiophene rings is 1. The molecule has 2 unspecified atom stereocenters. The fraction of sp³-hybridized carbons (Fsp3) is 0.320. The summed E-state index contributed by atoms with van der Waals surface area (Å²) >= 11 is 3.31. The highest BCUT2D eigenvalue weighted by atomic mass is 32.1. The first kappa shape index (κ1) is 21.2. The molecule has 0 spiro atoms. The molecule has 2 atom stereocenters. The summed E-state index contributed by atoms with van der Waals surface area (Å²) < 4.78 is 6.94.